The number of thiazole rings is 1. The Morgan fingerprint density at radius 1 is 0.969 bits per heavy atom. The summed E-state index contributed by atoms with van der Waals surface area (Å²) in [6.07, 6.45) is 0. The van der Waals surface area contributed by atoms with Crippen molar-refractivity contribution in [2.24, 2.45) is 0 Å². The number of hydrogen-bond acceptors (Lipinski definition) is 7. The first-order valence-electron chi connectivity index (χ1n) is 9.80. The quantitative estimate of drug-likeness (QED) is 0.241. The van der Waals surface area contributed by atoms with Crippen molar-refractivity contribution < 1.29 is 4.79 Å². The van der Waals surface area contributed by atoms with Gasteiger partial charge >= 0.3 is 0 Å². The smallest absolute Gasteiger partial charge is 0.230 e. The molecule has 5 nitrogen and oxygen atoms in total. The molecular weight excluding hydrogens is 477 g/mol. The number of aromatic nitrogens is 3. The SMILES string of the molecule is CC(=O)N(c1ccccc1)c1nc(CSc2nc(-c3cccs3)c(-c3cccs3)[nH]2)cs1. The van der Waals surface area contributed by atoms with Crippen LogP contribution in [0.3, 0.4) is 0 Å². The van der Waals surface area contributed by atoms with Crippen LogP contribution in [0.2, 0.25) is 0 Å². The second kappa shape index (κ2) is 9.41. The lowest BCUT2D eigenvalue weighted by molar-refractivity contribution is -0.115. The highest BCUT2D eigenvalue weighted by atomic mass is 32.2. The molecule has 1 aromatic carbocycles. The summed E-state index contributed by atoms with van der Waals surface area (Å²) in [5, 5.41) is 7.69. The predicted octanol–water partition coefficient (Wildman–Crippen LogP) is 7.30. The fraction of sp³-hybridized carbons (Fsp3) is 0.0870. The third-order valence-electron chi connectivity index (χ3n) is 4.62. The minimum absolute atomic E-state index is 0.0584. The molecule has 0 radical (unpaired) electrons. The Kier molecular flexibility index (Phi) is 6.22. The van der Waals surface area contributed by atoms with E-state index in [1.54, 1.807) is 46.3 Å². The molecule has 0 aliphatic heterocycles. The Hall–Kier alpha value is -2.72. The molecule has 9 heteroatoms. The van der Waals surface area contributed by atoms with Gasteiger partial charge in [0.15, 0.2) is 10.3 Å². The Bertz CT molecular complexity index is 1260. The fourth-order valence-electron chi connectivity index (χ4n) is 3.22. The number of thioether (sulfide) groups is 1. The van der Waals surface area contributed by atoms with Gasteiger partial charge in [0.1, 0.15) is 5.69 Å². The third kappa shape index (κ3) is 4.42. The van der Waals surface area contributed by atoms with Crippen molar-refractivity contribution in [1.82, 2.24) is 15.0 Å². The van der Waals surface area contributed by atoms with E-state index in [1.165, 1.54) is 16.2 Å². The van der Waals surface area contributed by atoms with Crippen LogP contribution in [0.15, 0.2) is 75.9 Å². The van der Waals surface area contributed by atoms with E-state index in [4.69, 9.17) is 9.97 Å². The summed E-state index contributed by atoms with van der Waals surface area (Å²) in [6, 6.07) is 17.9. The number of nitrogens with one attached hydrogen (secondary N) is 1. The maximum absolute atomic E-state index is 12.3. The van der Waals surface area contributed by atoms with Gasteiger partial charge in [-0.3, -0.25) is 9.69 Å². The number of aromatic amines is 1. The molecule has 0 saturated carbocycles. The average Bonchev–Trinajstić information content (AvgIpc) is 3.60. The molecule has 0 atom stereocenters. The molecular formula is C23H18N4OS4. The Labute approximate surface area is 201 Å². The van der Waals surface area contributed by atoms with E-state index in [2.05, 4.69) is 33.9 Å². The van der Waals surface area contributed by atoms with Gasteiger partial charge in [0.05, 0.1) is 26.8 Å². The van der Waals surface area contributed by atoms with E-state index in [0.29, 0.717) is 10.9 Å². The summed E-state index contributed by atoms with van der Waals surface area (Å²) < 4.78 is 0. The van der Waals surface area contributed by atoms with Gasteiger partial charge in [-0.25, -0.2) is 9.97 Å². The summed E-state index contributed by atoms with van der Waals surface area (Å²) in [4.78, 5) is 29.3. The zero-order valence-electron chi connectivity index (χ0n) is 17.0. The largest absolute Gasteiger partial charge is 0.332 e. The number of rotatable bonds is 7. The van der Waals surface area contributed by atoms with Gasteiger partial charge < -0.3 is 4.98 Å². The molecule has 4 heterocycles. The normalized spacial score (nSPS) is 11.0. The summed E-state index contributed by atoms with van der Waals surface area (Å²) in [5.41, 5.74) is 3.77. The molecule has 0 aliphatic carbocycles. The zero-order valence-corrected chi connectivity index (χ0v) is 20.3. The van der Waals surface area contributed by atoms with Crippen LogP contribution in [-0.2, 0) is 10.5 Å². The molecule has 0 unspecified atom stereocenters. The molecule has 0 spiro atoms. The molecule has 0 fully saturated rings. The predicted molar refractivity (Wildman–Crippen MR) is 136 cm³/mol. The maximum Gasteiger partial charge on any atom is 0.230 e. The van der Waals surface area contributed by atoms with Gasteiger partial charge in [0.2, 0.25) is 5.91 Å². The number of imidazole rings is 1. The lowest BCUT2D eigenvalue weighted by Crippen LogP contribution is -2.22. The maximum atomic E-state index is 12.3. The number of anilines is 2. The van der Waals surface area contributed by atoms with Crippen LogP contribution in [-0.4, -0.2) is 20.9 Å². The Morgan fingerprint density at radius 3 is 2.41 bits per heavy atom. The second-order valence-electron chi connectivity index (χ2n) is 6.82. The number of benzene rings is 1. The highest BCUT2D eigenvalue weighted by Crippen LogP contribution is 2.38. The molecule has 5 aromatic rings. The number of nitrogens with zero attached hydrogens (tertiary/aromatic N) is 3. The van der Waals surface area contributed by atoms with Crippen LogP contribution in [0, 0.1) is 0 Å². The third-order valence-corrected chi connectivity index (χ3v) is 8.17. The minimum Gasteiger partial charge on any atom is -0.332 e. The molecule has 32 heavy (non-hydrogen) atoms. The molecule has 1 amide bonds. The van der Waals surface area contributed by atoms with E-state index in [0.717, 1.165) is 32.8 Å². The van der Waals surface area contributed by atoms with Crippen LogP contribution >= 0.6 is 45.8 Å². The monoisotopic (exact) mass is 494 g/mol. The van der Waals surface area contributed by atoms with E-state index < -0.39 is 0 Å². The molecule has 0 saturated heterocycles. The molecule has 0 bridgehead atoms. The van der Waals surface area contributed by atoms with Crippen molar-refractivity contribution in [3.05, 3.63) is 76.4 Å². The lowest BCUT2D eigenvalue weighted by Gasteiger charge is -2.17. The fourth-order valence-corrected chi connectivity index (χ4v) is 6.42. The van der Waals surface area contributed by atoms with Crippen LogP contribution in [0.25, 0.3) is 21.1 Å². The van der Waals surface area contributed by atoms with Crippen LogP contribution < -0.4 is 4.90 Å². The van der Waals surface area contributed by atoms with Crippen molar-refractivity contribution in [3.63, 3.8) is 0 Å². The van der Waals surface area contributed by atoms with Crippen LogP contribution in [0.5, 0.6) is 0 Å². The van der Waals surface area contributed by atoms with E-state index in [1.807, 2.05) is 41.8 Å². The number of thiophene rings is 2. The topological polar surface area (TPSA) is 61.9 Å². The first-order valence-corrected chi connectivity index (χ1v) is 13.4. The minimum atomic E-state index is -0.0584. The van der Waals surface area contributed by atoms with Crippen molar-refractivity contribution in [1.29, 1.82) is 0 Å². The van der Waals surface area contributed by atoms with E-state index >= 15 is 0 Å². The lowest BCUT2D eigenvalue weighted by atomic mass is 10.2. The van der Waals surface area contributed by atoms with Gasteiger partial charge in [-0.2, -0.15) is 0 Å². The number of H-pyrrole nitrogens is 1. The summed E-state index contributed by atoms with van der Waals surface area (Å²) >= 11 is 6.47. The van der Waals surface area contributed by atoms with Gasteiger partial charge in [0.25, 0.3) is 0 Å². The summed E-state index contributed by atoms with van der Waals surface area (Å²) in [7, 11) is 0. The number of amides is 1. The highest BCUT2D eigenvalue weighted by Gasteiger charge is 2.19. The van der Waals surface area contributed by atoms with Gasteiger partial charge in [-0.05, 0) is 35.0 Å². The van der Waals surface area contributed by atoms with E-state index in [-0.39, 0.29) is 5.91 Å². The Balaban J connectivity index is 1.36. The van der Waals surface area contributed by atoms with Crippen molar-refractivity contribution in [2.45, 2.75) is 17.8 Å². The van der Waals surface area contributed by atoms with Crippen LogP contribution in [0.1, 0.15) is 12.6 Å². The highest BCUT2D eigenvalue weighted by molar-refractivity contribution is 7.98. The van der Waals surface area contributed by atoms with Gasteiger partial charge in [0, 0.05) is 18.1 Å². The summed E-state index contributed by atoms with van der Waals surface area (Å²) in [5.74, 6) is 0.607. The Morgan fingerprint density at radius 2 is 1.72 bits per heavy atom. The molecule has 4 aromatic heterocycles. The standard InChI is InChI=1S/C23H18N4OS4/c1-15(28)27(17-7-3-2-4-8-17)23-24-16(14-32-23)13-31-22-25-20(18-9-5-11-29-18)21(26-22)19-10-6-12-30-19/h2-12,14H,13H2,1H3,(H,25,26). The molecule has 1 N–H and O–H groups in total. The second-order valence-corrected chi connectivity index (χ2v) is 10.5. The molecule has 160 valence electrons. The molecule has 0 aliphatic rings. The number of carbonyl (C=O) groups is 1. The zero-order chi connectivity index (χ0) is 21.9. The van der Waals surface area contributed by atoms with Gasteiger partial charge in [-0.1, -0.05) is 42.1 Å². The van der Waals surface area contributed by atoms with Crippen molar-refractivity contribution in [2.75, 3.05) is 4.90 Å². The number of para-hydroxylation sites is 1. The van der Waals surface area contributed by atoms with E-state index in [9.17, 15) is 4.79 Å². The molecule has 5 rings (SSSR count). The first-order chi connectivity index (χ1) is 15.7. The average molecular weight is 495 g/mol. The number of carbonyl (C=O) groups excluding carboxylic acids is 1. The number of hydrogen-bond donors (Lipinski definition) is 1. The van der Waals surface area contributed by atoms with Crippen LogP contribution in [0.4, 0.5) is 10.8 Å². The van der Waals surface area contributed by atoms with Crippen molar-refractivity contribution >= 4 is 62.5 Å². The first kappa shape index (κ1) is 21.1. The van der Waals surface area contributed by atoms with Gasteiger partial charge in [-0.15, -0.1) is 34.0 Å². The summed E-state index contributed by atoms with van der Waals surface area (Å²) in [6.45, 7) is 1.56. The van der Waals surface area contributed by atoms with Crippen molar-refractivity contribution in [3.8, 4) is 21.1 Å².